The molecule has 3 nitrogen and oxygen atoms in total. The second kappa shape index (κ2) is 7.56. The van der Waals surface area contributed by atoms with Gasteiger partial charge in [0.15, 0.2) is 6.23 Å². The van der Waals surface area contributed by atoms with E-state index in [-0.39, 0.29) is 25.2 Å². The van der Waals surface area contributed by atoms with E-state index in [1.807, 2.05) is 14.1 Å². The van der Waals surface area contributed by atoms with Gasteiger partial charge in [-0.15, -0.1) is 0 Å². The van der Waals surface area contributed by atoms with E-state index in [0.29, 0.717) is 4.48 Å². The fourth-order valence-corrected chi connectivity index (χ4v) is 1.23. The highest BCUT2D eigenvalue weighted by molar-refractivity contribution is 4.42. The topological polar surface area (TPSA) is 40.5 Å². The maximum Gasteiger partial charge on any atom is 0.190 e. The van der Waals surface area contributed by atoms with Crippen molar-refractivity contribution in [2.75, 3.05) is 27.2 Å². The molecule has 1 unspecified atom stereocenters. The number of hydrogen-bond acceptors (Lipinski definition) is 2. The van der Waals surface area contributed by atoms with Crippen LogP contribution in [0.3, 0.4) is 0 Å². The lowest BCUT2D eigenvalue weighted by Crippen LogP contribution is -3.00. The third kappa shape index (κ3) is 6.27. The lowest BCUT2D eigenvalue weighted by atomic mass is 10.2. The van der Waals surface area contributed by atoms with Crippen molar-refractivity contribution in [3.05, 3.63) is 0 Å². The van der Waals surface area contributed by atoms with Crippen molar-refractivity contribution in [2.24, 2.45) is 0 Å². The van der Waals surface area contributed by atoms with Gasteiger partial charge in [-0.3, -0.25) is 0 Å². The fraction of sp³-hybridized carbons (Fsp3) is 1.00. The number of nitrogens with zero attached hydrogens (tertiary/aromatic N) is 1. The highest BCUT2D eigenvalue weighted by atomic mass is 35.5. The summed E-state index contributed by atoms with van der Waals surface area (Å²) in [6.07, 6.45) is 2.30. The highest BCUT2D eigenvalue weighted by Crippen LogP contribution is 2.10. The molecule has 0 spiro atoms. The van der Waals surface area contributed by atoms with E-state index in [1.165, 1.54) is 0 Å². The molecule has 4 heteroatoms. The molecule has 0 heterocycles. The van der Waals surface area contributed by atoms with Gasteiger partial charge in [-0.05, 0) is 6.42 Å². The molecule has 0 aliphatic heterocycles. The first-order chi connectivity index (χ1) is 5.54. The Hall–Kier alpha value is 0.170. The largest absolute Gasteiger partial charge is 1.00 e. The normalized spacial score (nSPS) is 13.6. The Morgan fingerprint density at radius 2 is 1.85 bits per heavy atom. The van der Waals surface area contributed by atoms with Crippen LogP contribution in [0.4, 0.5) is 0 Å². The molecule has 0 fully saturated rings. The zero-order valence-corrected chi connectivity index (χ0v) is 9.59. The Balaban J connectivity index is 0. The molecule has 1 atom stereocenters. The number of halogens is 1. The third-order valence-electron chi connectivity index (χ3n) is 2.25. The first kappa shape index (κ1) is 15.6. The van der Waals surface area contributed by atoms with Crippen molar-refractivity contribution in [1.29, 1.82) is 0 Å². The molecule has 0 aromatic rings. The van der Waals surface area contributed by atoms with Crippen LogP contribution in [0, 0.1) is 0 Å². The van der Waals surface area contributed by atoms with Gasteiger partial charge in [0.2, 0.25) is 0 Å². The van der Waals surface area contributed by atoms with Gasteiger partial charge >= 0.3 is 0 Å². The maximum atomic E-state index is 9.69. The summed E-state index contributed by atoms with van der Waals surface area (Å²) >= 11 is 0. The maximum absolute atomic E-state index is 9.69. The van der Waals surface area contributed by atoms with E-state index in [9.17, 15) is 5.11 Å². The lowest BCUT2D eigenvalue weighted by Gasteiger charge is -2.34. The van der Waals surface area contributed by atoms with Crippen LogP contribution >= 0.6 is 0 Å². The highest BCUT2D eigenvalue weighted by Gasteiger charge is 2.23. The van der Waals surface area contributed by atoms with Crippen molar-refractivity contribution in [3.63, 3.8) is 0 Å². The molecular formula is C9H22ClNO2. The zero-order chi connectivity index (χ0) is 9.61. The number of aliphatic hydroxyl groups excluding tert-OH is 2. The Morgan fingerprint density at radius 3 is 2.23 bits per heavy atom. The molecule has 0 bridgehead atoms. The summed E-state index contributed by atoms with van der Waals surface area (Å²) in [6.45, 7) is 3.10. The molecule has 0 saturated carbocycles. The summed E-state index contributed by atoms with van der Waals surface area (Å²) in [5, 5.41) is 18.3. The van der Waals surface area contributed by atoms with Crippen molar-refractivity contribution in [3.8, 4) is 0 Å². The van der Waals surface area contributed by atoms with Gasteiger partial charge in [-0.25, -0.2) is 0 Å². The quantitative estimate of drug-likeness (QED) is 0.379. The summed E-state index contributed by atoms with van der Waals surface area (Å²) in [4.78, 5) is 0. The van der Waals surface area contributed by atoms with Gasteiger partial charge in [0.05, 0.1) is 20.6 Å². The summed E-state index contributed by atoms with van der Waals surface area (Å²) < 4.78 is 0.592. The predicted molar refractivity (Wildman–Crippen MR) is 49.6 cm³/mol. The van der Waals surface area contributed by atoms with Gasteiger partial charge in [0, 0.05) is 19.4 Å². The molecule has 0 aliphatic rings. The minimum absolute atomic E-state index is 0. The lowest BCUT2D eigenvalue weighted by molar-refractivity contribution is -0.937. The van der Waals surface area contributed by atoms with E-state index in [4.69, 9.17) is 5.11 Å². The zero-order valence-electron chi connectivity index (χ0n) is 8.83. The van der Waals surface area contributed by atoms with Crippen molar-refractivity contribution in [1.82, 2.24) is 0 Å². The molecule has 0 rings (SSSR count). The van der Waals surface area contributed by atoms with Gasteiger partial charge in [0.25, 0.3) is 0 Å². The van der Waals surface area contributed by atoms with Crippen molar-refractivity contribution < 1.29 is 27.1 Å². The smallest absolute Gasteiger partial charge is 0.190 e. The first-order valence-corrected chi connectivity index (χ1v) is 4.66. The number of aliphatic hydroxyl groups is 2. The van der Waals surface area contributed by atoms with Crippen molar-refractivity contribution in [2.45, 2.75) is 32.4 Å². The Kier molecular flexibility index (Phi) is 9.09. The van der Waals surface area contributed by atoms with E-state index < -0.39 is 0 Å². The van der Waals surface area contributed by atoms with Crippen LogP contribution in [-0.4, -0.2) is 48.2 Å². The van der Waals surface area contributed by atoms with Crippen LogP contribution in [0.2, 0.25) is 0 Å². The summed E-state index contributed by atoms with van der Waals surface area (Å²) in [6, 6.07) is 0. The number of quaternary nitrogens is 1. The third-order valence-corrected chi connectivity index (χ3v) is 2.25. The molecule has 13 heavy (non-hydrogen) atoms. The van der Waals surface area contributed by atoms with Crippen LogP contribution < -0.4 is 12.4 Å². The number of hydrogen-bond donors (Lipinski definition) is 2. The standard InChI is InChI=1S/C9H22NO2.ClH/c1-4-6-9(12)10(2,3)7-5-8-11;/h9,11-12H,4-8H2,1-3H3;1H/q+1;/p-1. The molecule has 0 aromatic heterocycles. The van der Waals surface area contributed by atoms with Crippen LogP contribution in [-0.2, 0) is 0 Å². The summed E-state index contributed by atoms with van der Waals surface area (Å²) in [5.74, 6) is 0. The van der Waals surface area contributed by atoms with E-state index in [0.717, 1.165) is 25.8 Å². The SMILES string of the molecule is CCCC(O)[N+](C)(C)CCCO.[Cl-]. The molecule has 0 aromatic carbocycles. The van der Waals surface area contributed by atoms with Gasteiger partial charge in [0.1, 0.15) is 0 Å². The summed E-state index contributed by atoms with van der Waals surface area (Å²) in [7, 11) is 3.99. The minimum atomic E-state index is -0.290. The van der Waals surface area contributed by atoms with Gasteiger partial charge in [-0.1, -0.05) is 6.92 Å². The molecule has 2 N–H and O–H groups in total. The van der Waals surface area contributed by atoms with Crippen LogP contribution in [0.5, 0.6) is 0 Å². The van der Waals surface area contributed by atoms with Crippen LogP contribution in [0.15, 0.2) is 0 Å². The molecule has 0 saturated heterocycles. The van der Waals surface area contributed by atoms with Crippen LogP contribution in [0.25, 0.3) is 0 Å². The average Bonchev–Trinajstić information content (AvgIpc) is 2.01. The second-order valence-electron chi connectivity index (χ2n) is 3.85. The Morgan fingerprint density at radius 1 is 1.31 bits per heavy atom. The van der Waals surface area contributed by atoms with Crippen molar-refractivity contribution >= 4 is 0 Å². The average molecular weight is 212 g/mol. The Bertz CT molecular complexity index is 120. The van der Waals surface area contributed by atoms with Crippen LogP contribution in [0.1, 0.15) is 26.2 Å². The van der Waals surface area contributed by atoms with E-state index >= 15 is 0 Å². The van der Waals surface area contributed by atoms with E-state index in [1.54, 1.807) is 0 Å². The first-order valence-electron chi connectivity index (χ1n) is 4.66. The molecule has 0 radical (unpaired) electrons. The monoisotopic (exact) mass is 211 g/mol. The van der Waals surface area contributed by atoms with Gasteiger partial charge < -0.3 is 27.1 Å². The Labute approximate surface area is 87.4 Å². The fourth-order valence-electron chi connectivity index (χ4n) is 1.23. The molecule has 0 amide bonds. The molecule has 0 aliphatic carbocycles. The van der Waals surface area contributed by atoms with E-state index in [2.05, 4.69) is 6.92 Å². The minimum Gasteiger partial charge on any atom is -1.00 e. The predicted octanol–water partition coefficient (Wildman–Crippen LogP) is -2.43. The molecule has 82 valence electrons. The summed E-state index contributed by atoms with van der Waals surface area (Å²) in [5.41, 5.74) is 0. The van der Waals surface area contributed by atoms with Gasteiger partial charge in [-0.2, -0.15) is 0 Å². The number of rotatable bonds is 6. The molecular weight excluding hydrogens is 190 g/mol. The second-order valence-corrected chi connectivity index (χ2v) is 3.85.